The van der Waals surface area contributed by atoms with Crippen molar-refractivity contribution in [1.29, 1.82) is 0 Å². The van der Waals surface area contributed by atoms with Crippen LogP contribution in [0.15, 0.2) is 30.3 Å². The van der Waals surface area contributed by atoms with E-state index in [4.69, 9.17) is 4.74 Å². The van der Waals surface area contributed by atoms with Gasteiger partial charge in [0.05, 0.1) is 12.0 Å². The van der Waals surface area contributed by atoms with Gasteiger partial charge in [-0.05, 0) is 31.5 Å². The first-order valence-electron chi connectivity index (χ1n) is 6.69. The van der Waals surface area contributed by atoms with Crippen molar-refractivity contribution >= 4 is 5.97 Å². The quantitative estimate of drug-likeness (QED) is 0.879. The van der Waals surface area contributed by atoms with Crippen molar-refractivity contribution in [2.45, 2.75) is 18.3 Å². The van der Waals surface area contributed by atoms with E-state index < -0.39 is 11.4 Å². The Morgan fingerprint density at radius 2 is 1.95 bits per heavy atom. The number of carbonyl (C=O) groups is 1. The Hall–Kier alpha value is -1.39. The van der Waals surface area contributed by atoms with Gasteiger partial charge in [-0.25, -0.2) is 0 Å². The highest BCUT2D eigenvalue weighted by atomic mass is 16.5. The zero-order valence-corrected chi connectivity index (χ0v) is 11.3. The molecule has 104 valence electrons. The number of hydrogen-bond acceptors (Lipinski definition) is 3. The van der Waals surface area contributed by atoms with Crippen molar-refractivity contribution in [2.24, 2.45) is 0 Å². The summed E-state index contributed by atoms with van der Waals surface area (Å²) in [6.07, 6.45) is 1.33. The van der Waals surface area contributed by atoms with Gasteiger partial charge in [0, 0.05) is 13.7 Å². The molecule has 0 aromatic heterocycles. The second-order valence-corrected chi connectivity index (χ2v) is 5.09. The summed E-state index contributed by atoms with van der Waals surface area (Å²) in [5.74, 6) is -0.704. The van der Waals surface area contributed by atoms with Crippen LogP contribution in [0.4, 0.5) is 0 Å². The zero-order valence-electron chi connectivity index (χ0n) is 11.3. The van der Waals surface area contributed by atoms with E-state index in [-0.39, 0.29) is 0 Å². The third-order valence-corrected chi connectivity index (χ3v) is 4.06. The van der Waals surface area contributed by atoms with E-state index >= 15 is 0 Å². The number of benzene rings is 1. The molecule has 0 radical (unpaired) electrons. The van der Waals surface area contributed by atoms with Gasteiger partial charge in [0.15, 0.2) is 0 Å². The lowest BCUT2D eigenvalue weighted by Gasteiger charge is -2.39. The molecular weight excluding hydrogens is 242 g/mol. The third-order valence-electron chi connectivity index (χ3n) is 4.06. The number of nitrogens with zero attached hydrogens (tertiary/aromatic N) is 1. The van der Waals surface area contributed by atoms with E-state index in [1.807, 2.05) is 30.3 Å². The molecule has 1 saturated heterocycles. The molecular formula is C15H21NO3. The number of piperidine rings is 1. The van der Waals surface area contributed by atoms with Gasteiger partial charge in [-0.3, -0.25) is 4.79 Å². The maximum absolute atomic E-state index is 11.8. The van der Waals surface area contributed by atoms with Gasteiger partial charge in [0.1, 0.15) is 0 Å². The summed E-state index contributed by atoms with van der Waals surface area (Å²) in [4.78, 5) is 14.0. The van der Waals surface area contributed by atoms with Crippen molar-refractivity contribution in [3.05, 3.63) is 35.9 Å². The van der Waals surface area contributed by atoms with Crippen LogP contribution in [0.2, 0.25) is 0 Å². The Bertz CT molecular complexity index is 411. The lowest BCUT2D eigenvalue weighted by atomic mass is 9.73. The predicted molar refractivity (Wildman–Crippen MR) is 73.3 cm³/mol. The van der Waals surface area contributed by atoms with Crippen molar-refractivity contribution in [2.75, 3.05) is 33.4 Å². The Balaban J connectivity index is 2.10. The summed E-state index contributed by atoms with van der Waals surface area (Å²) in [7, 11) is 1.69. The summed E-state index contributed by atoms with van der Waals surface area (Å²) in [6, 6.07) is 9.61. The number of likely N-dealkylation sites (tertiary alicyclic amines) is 1. The molecule has 1 aromatic carbocycles. The highest BCUT2D eigenvalue weighted by Gasteiger charge is 2.42. The van der Waals surface area contributed by atoms with Crippen LogP contribution in [0.1, 0.15) is 18.4 Å². The number of aliphatic carboxylic acids is 1. The number of methoxy groups -OCH3 is 1. The molecule has 0 aliphatic carbocycles. The summed E-state index contributed by atoms with van der Waals surface area (Å²) >= 11 is 0. The maximum Gasteiger partial charge on any atom is 0.314 e. The van der Waals surface area contributed by atoms with E-state index in [1.165, 1.54) is 0 Å². The molecule has 0 amide bonds. The first-order valence-corrected chi connectivity index (χ1v) is 6.69. The molecule has 1 aliphatic heterocycles. The van der Waals surface area contributed by atoms with Gasteiger partial charge in [-0.2, -0.15) is 0 Å². The predicted octanol–water partition coefficient (Wildman–Crippen LogP) is 1.75. The number of carboxylic acids is 1. The molecule has 4 heteroatoms. The molecule has 4 nitrogen and oxygen atoms in total. The van der Waals surface area contributed by atoms with Gasteiger partial charge < -0.3 is 14.7 Å². The van der Waals surface area contributed by atoms with Crippen LogP contribution in [0.25, 0.3) is 0 Å². The van der Waals surface area contributed by atoms with Crippen molar-refractivity contribution < 1.29 is 14.6 Å². The van der Waals surface area contributed by atoms with Crippen molar-refractivity contribution in [1.82, 2.24) is 4.90 Å². The fourth-order valence-electron chi connectivity index (χ4n) is 2.76. The standard InChI is InChI=1S/C15H21NO3/c1-19-12-11-16-9-7-15(8-10-16,14(17)18)13-5-3-2-4-6-13/h2-6H,7-12H2,1H3,(H,17,18). The van der Waals surface area contributed by atoms with E-state index in [0.29, 0.717) is 19.4 Å². The minimum absolute atomic E-state index is 0.663. The summed E-state index contributed by atoms with van der Waals surface area (Å²) < 4.78 is 5.07. The molecule has 0 saturated carbocycles. The topological polar surface area (TPSA) is 49.8 Å². The van der Waals surface area contributed by atoms with E-state index in [1.54, 1.807) is 7.11 Å². The van der Waals surface area contributed by atoms with Crippen molar-refractivity contribution in [3.63, 3.8) is 0 Å². The van der Waals surface area contributed by atoms with Crippen molar-refractivity contribution in [3.8, 4) is 0 Å². The average molecular weight is 263 g/mol. The normalized spacial score (nSPS) is 19.2. The number of rotatable bonds is 5. The molecule has 0 atom stereocenters. The molecule has 1 N–H and O–H groups in total. The monoisotopic (exact) mass is 263 g/mol. The molecule has 1 fully saturated rings. The summed E-state index contributed by atoms with van der Waals surface area (Å²) in [6.45, 7) is 3.20. The molecule has 1 heterocycles. The molecule has 0 spiro atoms. The fourth-order valence-corrected chi connectivity index (χ4v) is 2.76. The van der Waals surface area contributed by atoms with Crippen LogP contribution in [0.3, 0.4) is 0 Å². The smallest absolute Gasteiger partial charge is 0.314 e. The summed E-state index contributed by atoms with van der Waals surface area (Å²) in [5, 5.41) is 9.66. The molecule has 1 aromatic rings. The second-order valence-electron chi connectivity index (χ2n) is 5.09. The molecule has 0 bridgehead atoms. The van der Waals surface area contributed by atoms with Crippen LogP contribution in [-0.4, -0.2) is 49.3 Å². The molecule has 1 aliphatic rings. The SMILES string of the molecule is COCCN1CCC(C(=O)O)(c2ccccc2)CC1. The van der Waals surface area contributed by atoms with E-state index in [9.17, 15) is 9.90 Å². The van der Waals surface area contributed by atoms with Gasteiger partial charge in [-0.1, -0.05) is 30.3 Å². The Morgan fingerprint density at radius 3 is 2.47 bits per heavy atom. The van der Waals surface area contributed by atoms with Crippen LogP contribution in [0.5, 0.6) is 0 Å². The van der Waals surface area contributed by atoms with Crippen LogP contribution in [0, 0.1) is 0 Å². The van der Waals surface area contributed by atoms with Crippen LogP contribution >= 0.6 is 0 Å². The Kier molecular flexibility index (Phi) is 4.56. The minimum atomic E-state index is -0.717. The Labute approximate surface area is 114 Å². The Morgan fingerprint density at radius 1 is 1.32 bits per heavy atom. The van der Waals surface area contributed by atoms with Gasteiger partial charge in [-0.15, -0.1) is 0 Å². The van der Waals surface area contributed by atoms with Crippen LogP contribution in [-0.2, 0) is 14.9 Å². The number of ether oxygens (including phenoxy) is 1. The molecule has 0 unspecified atom stereocenters. The number of hydrogen-bond donors (Lipinski definition) is 1. The van der Waals surface area contributed by atoms with Gasteiger partial charge in [0.25, 0.3) is 0 Å². The van der Waals surface area contributed by atoms with E-state index in [2.05, 4.69) is 4.90 Å². The van der Waals surface area contributed by atoms with Crippen LogP contribution < -0.4 is 0 Å². The average Bonchev–Trinajstić information content (AvgIpc) is 2.46. The van der Waals surface area contributed by atoms with Gasteiger partial charge >= 0.3 is 5.97 Å². The third kappa shape index (κ3) is 2.96. The van der Waals surface area contributed by atoms with E-state index in [0.717, 1.165) is 25.2 Å². The summed E-state index contributed by atoms with van der Waals surface area (Å²) in [5.41, 5.74) is 0.207. The molecule has 19 heavy (non-hydrogen) atoms. The largest absolute Gasteiger partial charge is 0.481 e. The fraction of sp³-hybridized carbons (Fsp3) is 0.533. The van der Waals surface area contributed by atoms with Gasteiger partial charge in [0.2, 0.25) is 0 Å². The lowest BCUT2D eigenvalue weighted by molar-refractivity contribution is -0.146. The number of carboxylic acid groups (broad SMARTS) is 1. The minimum Gasteiger partial charge on any atom is -0.481 e. The molecule has 2 rings (SSSR count). The first-order chi connectivity index (χ1) is 9.19. The zero-order chi connectivity index (χ0) is 13.7. The second kappa shape index (κ2) is 6.17. The first kappa shape index (κ1) is 14.0. The highest BCUT2D eigenvalue weighted by molar-refractivity contribution is 5.81. The lowest BCUT2D eigenvalue weighted by Crippen LogP contribution is -2.48. The highest BCUT2D eigenvalue weighted by Crippen LogP contribution is 2.35. The maximum atomic E-state index is 11.8.